The maximum absolute atomic E-state index is 11.9. The average molecular weight is 255 g/mol. The fraction of sp³-hybridized carbons (Fsp3) is 0.846. The van der Waals surface area contributed by atoms with Crippen molar-refractivity contribution in [3.63, 3.8) is 0 Å². The van der Waals surface area contributed by atoms with E-state index in [0.717, 1.165) is 19.4 Å². The first-order chi connectivity index (χ1) is 8.58. The van der Waals surface area contributed by atoms with Crippen LogP contribution in [0.4, 0.5) is 0 Å². The molecule has 2 fully saturated rings. The van der Waals surface area contributed by atoms with Crippen LogP contribution in [-0.4, -0.2) is 36.2 Å². The van der Waals surface area contributed by atoms with Gasteiger partial charge in [-0.25, -0.2) is 0 Å². The zero-order valence-electron chi connectivity index (χ0n) is 10.7. The van der Waals surface area contributed by atoms with Gasteiger partial charge in [-0.05, 0) is 38.5 Å². The summed E-state index contributed by atoms with van der Waals surface area (Å²) in [5.41, 5.74) is 0. The average Bonchev–Trinajstić information content (AvgIpc) is 2.24. The Bertz CT molecular complexity index is 331. The summed E-state index contributed by atoms with van der Waals surface area (Å²) in [5, 5.41) is 11.8. The van der Waals surface area contributed by atoms with Gasteiger partial charge in [-0.15, -0.1) is 0 Å². The van der Waals surface area contributed by atoms with Crippen molar-refractivity contribution in [3.8, 4) is 0 Å². The van der Waals surface area contributed by atoms with Gasteiger partial charge >= 0.3 is 5.97 Å². The Morgan fingerprint density at radius 1 is 1.28 bits per heavy atom. The number of carboxylic acid groups (broad SMARTS) is 1. The Balaban J connectivity index is 1.73. The molecule has 5 nitrogen and oxygen atoms in total. The maximum Gasteiger partial charge on any atom is 0.307 e. The molecule has 0 spiro atoms. The molecule has 2 N–H and O–H groups in total. The zero-order valence-corrected chi connectivity index (χ0v) is 10.7. The molecular weight excluding hydrogens is 234 g/mol. The quantitative estimate of drug-likeness (QED) is 0.786. The molecule has 18 heavy (non-hydrogen) atoms. The Morgan fingerprint density at radius 2 is 2.00 bits per heavy atom. The first-order valence-electron chi connectivity index (χ1n) is 6.70. The second-order valence-electron chi connectivity index (χ2n) is 5.45. The summed E-state index contributed by atoms with van der Waals surface area (Å²) >= 11 is 0. The smallest absolute Gasteiger partial charge is 0.307 e. The first kappa shape index (κ1) is 13.3. The van der Waals surface area contributed by atoms with Gasteiger partial charge in [-0.3, -0.25) is 9.59 Å². The number of hydrogen-bond acceptors (Lipinski definition) is 3. The number of ether oxygens (including phenoxy) is 1. The normalized spacial score (nSPS) is 35.6. The standard InChI is InChI=1S/C13H21NO4/c1-8-6-9(4-5-18-8)7-14-12(15)10-2-3-11(10)13(16)17/h8-11H,2-7H2,1H3,(H,14,15)(H,16,17). The van der Waals surface area contributed by atoms with E-state index in [1.807, 2.05) is 6.92 Å². The number of rotatable bonds is 4. The van der Waals surface area contributed by atoms with Crippen LogP contribution >= 0.6 is 0 Å². The second kappa shape index (κ2) is 5.69. The molecule has 4 atom stereocenters. The van der Waals surface area contributed by atoms with Crippen LogP contribution in [0.1, 0.15) is 32.6 Å². The van der Waals surface area contributed by atoms with E-state index < -0.39 is 11.9 Å². The number of hydrogen-bond donors (Lipinski definition) is 2. The lowest BCUT2D eigenvalue weighted by molar-refractivity contribution is -0.152. The van der Waals surface area contributed by atoms with E-state index in [-0.39, 0.29) is 17.9 Å². The largest absolute Gasteiger partial charge is 0.481 e. The Hall–Kier alpha value is -1.10. The van der Waals surface area contributed by atoms with Crippen LogP contribution in [0.2, 0.25) is 0 Å². The summed E-state index contributed by atoms with van der Waals surface area (Å²) in [6, 6.07) is 0. The van der Waals surface area contributed by atoms with Crippen molar-refractivity contribution in [2.24, 2.45) is 17.8 Å². The van der Waals surface area contributed by atoms with E-state index in [1.54, 1.807) is 0 Å². The van der Waals surface area contributed by atoms with Gasteiger partial charge in [0.05, 0.1) is 17.9 Å². The summed E-state index contributed by atoms with van der Waals surface area (Å²) in [5.74, 6) is -1.27. The van der Waals surface area contributed by atoms with E-state index in [4.69, 9.17) is 9.84 Å². The van der Waals surface area contributed by atoms with Gasteiger partial charge in [0.2, 0.25) is 5.91 Å². The van der Waals surface area contributed by atoms with E-state index >= 15 is 0 Å². The lowest BCUT2D eigenvalue weighted by Crippen LogP contribution is -2.45. The van der Waals surface area contributed by atoms with Crippen LogP contribution in [0, 0.1) is 17.8 Å². The number of carboxylic acids is 1. The van der Waals surface area contributed by atoms with Crippen molar-refractivity contribution in [2.45, 2.75) is 38.7 Å². The molecular formula is C13H21NO4. The number of carbonyl (C=O) groups is 2. The van der Waals surface area contributed by atoms with Crippen molar-refractivity contribution >= 4 is 11.9 Å². The molecule has 1 aliphatic heterocycles. The number of aliphatic carboxylic acids is 1. The fourth-order valence-electron chi connectivity index (χ4n) is 2.76. The van der Waals surface area contributed by atoms with Crippen LogP contribution in [0.3, 0.4) is 0 Å². The molecule has 1 heterocycles. The topological polar surface area (TPSA) is 75.6 Å². The van der Waals surface area contributed by atoms with Crippen LogP contribution in [0.15, 0.2) is 0 Å². The highest BCUT2D eigenvalue weighted by molar-refractivity contribution is 5.86. The van der Waals surface area contributed by atoms with Crippen molar-refractivity contribution in [1.29, 1.82) is 0 Å². The molecule has 2 aliphatic rings. The van der Waals surface area contributed by atoms with Gasteiger partial charge in [-0.2, -0.15) is 0 Å². The summed E-state index contributed by atoms with van der Waals surface area (Å²) < 4.78 is 5.45. The molecule has 0 aromatic heterocycles. The van der Waals surface area contributed by atoms with E-state index in [1.165, 1.54) is 0 Å². The molecule has 0 radical (unpaired) electrons. The third-order valence-corrected chi connectivity index (χ3v) is 4.09. The molecule has 1 amide bonds. The predicted octanol–water partition coefficient (Wildman–Crippen LogP) is 1.03. The highest BCUT2D eigenvalue weighted by Gasteiger charge is 2.41. The second-order valence-corrected chi connectivity index (χ2v) is 5.45. The highest BCUT2D eigenvalue weighted by Crippen LogP contribution is 2.34. The first-order valence-corrected chi connectivity index (χ1v) is 6.70. The third kappa shape index (κ3) is 3.02. The number of nitrogens with one attached hydrogen (secondary N) is 1. The van der Waals surface area contributed by atoms with Gasteiger partial charge in [0.1, 0.15) is 0 Å². The third-order valence-electron chi connectivity index (χ3n) is 4.09. The van der Waals surface area contributed by atoms with Crippen LogP contribution in [0.5, 0.6) is 0 Å². The Labute approximate surface area is 107 Å². The molecule has 2 rings (SSSR count). The van der Waals surface area contributed by atoms with Crippen molar-refractivity contribution in [3.05, 3.63) is 0 Å². The maximum atomic E-state index is 11.9. The minimum absolute atomic E-state index is 0.0900. The van der Waals surface area contributed by atoms with Crippen LogP contribution < -0.4 is 5.32 Å². The van der Waals surface area contributed by atoms with Gasteiger partial charge in [0.25, 0.3) is 0 Å². The van der Waals surface area contributed by atoms with Gasteiger partial charge in [-0.1, -0.05) is 0 Å². The predicted molar refractivity (Wildman–Crippen MR) is 65.0 cm³/mol. The van der Waals surface area contributed by atoms with E-state index in [2.05, 4.69) is 5.32 Å². The summed E-state index contributed by atoms with van der Waals surface area (Å²) in [4.78, 5) is 22.7. The Morgan fingerprint density at radius 3 is 2.56 bits per heavy atom. The molecule has 0 aromatic rings. The van der Waals surface area contributed by atoms with Gasteiger partial charge in [0.15, 0.2) is 0 Å². The van der Waals surface area contributed by atoms with E-state index in [0.29, 0.717) is 25.3 Å². The van der Waals surface area contributed by atoms with Crippen LogP contribution in [0.25, 0.3) is 0 Å². The lowest BCUT2D eigenvalue weighted by atomic mass is 9.73. The molecule has 5 heteroatoms. The molecule has 1 saturated heterocycles. The molecule has 1 saturated carbocycles. The number of amides is 1. The van der Waals surface area contributed by atoms with Crippen molar-refractivity contribution < 1.29 is 19.4 Å². The summed E-state index contributed by atoms with van der Waals surface area (Å²) in [6.45, 7) is 3.44. The van der Waals surface area contributed by atoms with Gasteiger partial charge in [0, 0.05) is 13.2 Å². The highest BCUT2D eigenvalue weighted by atomic mass is 16.5. The van der Waals surface area contributed by atoms with Gasteiger partial charge < -0.3 is 15.2 Å². The van der Waals surface area contributed by atoms with Crippen LogP contribution in [-0.2, 0) is 14.3 Å². The van der Waals surface area contributed by atoms with Crippen molar-refractivity contribution in [2.75, 3.05) is 13.2 Å². The SMILES string of the molecule is CC1CC(CNC(=O)C2CCC2C(=O)O)CCO1. The Kier molecular flexibility index (Phi) is 4.22. The summed E-state index contributed by atoms with van der Waals surface area (Å²) in [6.07, 6.45) is 3.52. The molecule has 102 valence electrons. The van der Waals surface area contributed by atoms with Crippen molar-refractivity contribution in [1.82, 2.24) is 5.32 Å². The molecule has 0 aromatic carbocycles. The zero-order chi connectivity index (χ0) is 13.1. The van der Waals surface area contributed by atoms with E-state index in [9.17, 15) is 9.59 Å². The lowest BCUT2D eigenvalue weighted by Gasteiger charge is -2.33. The monoisotopic (exact) mass is 255 g/mol. The summed E-state index contributed by atoms with van der Waals surface area (Å²) in [7, 11) is 0. The molecule has 1 aliphatic carbocycles. The fourth-order valence-corrected chi connectivity index (χ4v) is 2.76. The minimum Gasteiger partial charge on any atom is -0.481 e. The molecule has 0 bridgehead atoms. The number of carbonyl (C=O) groups excluding carboxylic acids is 1. The molecule has 4 unspecified atom stereocenters. The minimum atomic E-state index is -0.846.